The highest BCUT2D eigenvalue weighted by molar-refractivity contribution is 5.79. The lowest BCUT2D eigenvalue weighted by molar-refractivity contribution is 0.603. The molecule has 2 aromatic heterocycles. The minimum absolute atomic E-state index is 0.231. The van der Waals surface area contributed by atoms with Crippen molar-refractivity contribution in [1.29, 1.82) is 0 Å². The van der Waals surface area contributed by atoms with Crippen LogP contribution in [-0.2, 0) is 7.05 Å². The summed E-state index contributed by atoms with van der Waals surface area (Å²) in [6, 6.07) is 10.6. The summed E-state index contributed by atoms with van der Waals surface area (Å²) < 4.78 is 2.67. The topological polar surface area (TPSA) is 56.9 Å². The van der Waals surface area contributed by atoms with Gasteiger partial charge in [0.05, 0.1) is 16.5 Å². The van der Waals surface area contributed by atoms with Gasteiger partial charge in [-0.3, -0.25) is 14.6 Å². The van der Waals surface area contributed by atoms with Crippen LogP contribution in [0.25, 0.3) is 16.5 Å². The second-order valence-electron chi connectivity index (χ2n) is 4.20. The largest absolute Gasteiger partial charge is 0.278 e. The zero-order valence-corrected chi connectivity index (χ0v) is 10.3. The Morgan fingerprint density at radius 1 is 0.947 bits per heavy atom. The van der Waals surface area contributed by atoms with Crippen LogP contribution in [0.3, 0.4) is 0 Å². The Morgan fingerprint density at radius 2 is 1.68 bits per heavy atom. The number of hydrogen-bond donors (Lipinski definition) is 0. The maximum absolute atomic E-state index is 12.5. The van der Waals surface area contributed by atoms with E-state index in [9.17, 15) is 9.59 Å². The smallest absolute Gasteiger partial charge is 0.267 e. The molecule has 0 spiro atoms. The molecular weight excluding hydrogens is 242 g/mol. The third-order valence-electron chi connectivity index (χ3n) is 3.07. The van der Waals surface area contributed by atoms with Crippen molar-refractivity contribution in [2.45, 2.75) is 0 Å². The molecule has 0 aliphatic carbocycles. The Bertz CT molecular complexity index is 863. The maximum Gasteiger partial charge on any atom is 0.278 e. The molecule has 0 N–H and O–H groups in total. The van der Waals surface area contributed by atoms with E-state index in [-0.39, 0.29) is 11.1 Å². The summed E-state index contributed by atoms with van der Waals surface area (Å²) in [5, 5.41) is 0.712. The number of pyridine rings is 1. The van der Waals surface area contributed by atoms with Crippen molar-refractivity contribution in [3.63, 3.8) is 0 Å². The van der Waals surface area contributed by atoms with E-state index in [0.717, 1.165) is 0 Å². The third kappa shape index (κ3) is 1.67. The van der Waals surface area contributed by atoms with E-state index < -0.39 is 0 Å². The molecule has 19 heavy (non-hydrogen) atoms. The van der Waals surface area contributed by atoms with Crippen molar-refractivity contribution >= 4 is 10.8 Å². The van der Waals surface area contributed by atoms with Gasteiger partial charge in [-0.05, 0) is 18.2 Å². The molecule has 0 atom stereocenters. The average molecular weight is 253 g/mol. The van der Waals surface area contributed by atoms with Gasteiger partial charge in [0.15, 0.2) is 0 Å². The van der Waals surface area contributed by atoms with Gasteiger partial charge in [0, 0.05) is 19.4 Å². The Kier molecular flexibility index (Phi) is 2.52. The summed E-state index contributed by atoms with van der Waals surface area (Å²) in [6.45, 7) is 0. The molecule has 0 saturated heterocycles. The molecule has 5 nitrogen and oxygen atoms in total. The molecule has 0 fully saturated rings. The van der Waals surface area contributed by atoms with E-state index in [1.165, 1.54) is 21.8 Å². The zero-order chi connectivity index (χ0) is 13.4. The lowest BCUT2D eigenvalue weighted by atomic mass is 10.2. The highest BCUT2D eigenvalue weighted by atomic mass is 16.2. The molecule has 0 radical (unpaired) electrons. The van der Waals surface area contributed by atoms with E-state index in [1.807, 2.05) is 18.2 Å². The molecule has 0 bridgehead atoms. The standard InChI is InChI=1S/C14H11N3O2/c1-16-13(18)12-9-15-8-7-11(12)14(19)17(16)10-5-3-2-4-6-10/h2-9H,1H3. The van der Waals surface area contributed by atoms with Crippen LogP contribution < -0.4 is 11.1 Å². The van der Waals surface area contributed by atoms with Crippen LogP contribution in [0, 0.1) is 0 Å². The van der Waals surface area contributed by atoms with E-state index >= 15 is 0 Å². The summed E-state index contributed by atoms with van der Waals surface area (Å²) in [5.74, 6) is 0. The van der Waals surface area contributed by atoms with Gasteiger partial charge in [-0.25, -0.2) is 9.36 Å². The quantitative estimate of drug-likeness (QED) is 0.652. The number of nitrogens with zero attached hydrogens (tertiary/aromatic N) is 3. The molecule has 94 valence electrons. The van der Waals surface area contributed by atoms with Gasteiger partial charge in [0.1, 0.15) is 0 Å². The molecule has 0 amide bonds. The molecule has 0 aliphatic rings. The van der Waals surface area contributed by atoms with Crippen LogP contribution in [0.5, 0.6) is 0 Å². The molecule has 3 aromatic rings. The molecule has 3 rings (SSSR count). The van der Waals surface area contributed by atoms with Gasteiger partial charge in [-0.1, -0.05) is 18.2 Å². The van der Waals surface area contributed by atoms with Gasteiger partial charge in [0.2, 0.25) is 0 Å². The molecule has 0 saturated carbocycles. The van der Waals surface area contributed by atoms with Crippen LogP contribution in [0.15, 0.2) is 58.4 Å². The predicted octanol–water partition coefficient (Wildman–Crippen LogP) is 1.08. The number of hydrogen-bond acceptors (Lipinski definition) is 3. The fourth-order valence-electron chi connectivity index (χ4n) is 2.13. The summed E-state index contributed by atoms with van der Waals surface area (Å²) in [6.07, 6.45) is 2.94. The minimum atomic E-state index is -0.244. The number of benzene rings is 1. The van der Waals surface area contributed by atoms with Gasteiger partial charge < -0.3 is 0 Å². The Hall–Kier alpha value is -2.69. The summed E-state index contributed by atoms with van der Waals surface area (Å²) in [5.41, 5.74) is 0.183. The molecule has 5 heteroatoms. The third-order valence-corrected chi connectivity index (χ3v) is 3.07. The van der Waals surface area contributed by atoms with Crippen molar-refractivity contribution in [3.8, 4) is 5.69 Å². The Morgan fingerprint density at radius 3 is 2.42 bits per heavy atom. The molecule has 2 heterocycles. The second kappa shape index (κ2) is 4.20. The first-order chi connectivity index (χ1) is 9.20. The SMILES string of the molecule is Cn1c(=O)c2cnccc2c(=O)n1-c1ccccc1. The van der Waals surface area contributed by atoms with Gasteiger partial charge >= 0.3 is 0 Å². The normalized spacial score (nSPS) is 10.8. The van der Waals surface area contributed by atoms with Gasteiger partial charge in [-0.2, -0.15) is 0 Å². The van der Waals surface area contributed by atoms with E-state index in [1.54, 1.807) is 25.2 Å². The van der Waals surface area contributed by atoms with Crippen molar-refractivity contribution in [2.24, 2.45) is 7.05 Å². The van der Waals surface area contributed by atoms with Gasteiger partial charge in [-0.15, -0.1) is 0 Å². The van der Waals surface area contributed by atoms with E-state index in [2.05, 4.69) is 4.98 Å². The van der Waals surface area contributed by atoms with Crippen LogP contribution in [-0.4, -0.2) is 14.3 Å². The van der Waals surface area contributed by atoms with Crippen LogP contribution >= 0.6 is 0 Å². The fourth-order valence-corrected chi connectivity index (χ4v) is 2.13. The Labute approximate surface area is 108 Å². The van der Waals surface area contributed by atoms with E-state index in [4.69, 9.17) is 0 Å². The maximum atomic E-state index is 12.5. The first-order valence-electron chi connectivity index (χ1n) is 5.81. The monoisotopic (exact) mass is 253 g/mol. The van der Waals surface area contributed by atoms with Crippen molar-refractivity contribution in [1.82, 2.24) is 14.3 Å². The first-order valence-corrected chi connectivity index (χ1v) is 5.81. The first kappa shape index (κ1) is 11.4. The molecular formula is C14H11N3O2. The lowest BCUT2D eigenvalue weighted by Gasteiger charge is -2.12. The summed E-state index contributed by atoms with van der Waals surface area (Å²) in [7, 11) is 1.57. The summed E-state index contributed by atoms with van der Waals surface area (Å²) >= 11 is 0. The van der Waals surface area contributed by atoms with Crippen molar-refractivity contribution in [3.05, 3.63) is 69.5 Å². The average Bonchev–Trinajstić information content (AvgIpc) is 2.46. The number of rotatable bonds is 1. The number of aromatic nitrogens is 3. The van der Waals surface area contributed by atoms with E-state index in [0.29, 0.717) is 16.5 Å². The fraction of sp³-hybridized carbons (Fsp3) is 0.0714. The van der Waals surface area contributed by atoms with Crippen molar-refractivity contribution < 1.29 is 0 Å². The Balaban J connectivity index is 2.52. The summed E-state index contributed by atoms with van der Waals surface area (Å²) in [4.78, 5) is 28.6. The van der Waals surface area contributed by atoms with Crippen molar-refractivity contribution in [2.75, 3.05) is 0 Å². The predicted molar refractivity (Wildman–Crippen MR) is 72.6 cm³/mol. The number of fused-ring (bicyclic) bond motifs is 1. The second-order valence-corrected chi connectivity index (χ2v) is 4.20. The minimum Gasteiger partial charge on any atom is -0.267 e. The molecule has 0 aliphatic heterocycles. The van der Waals surface area contributed by atoms with Crippen LogP contribution in [0.1, 0.15) is 0 Å². The molecule has 1 aromatic carbocycles. The van der Waals surface area contributed by atoms with Gasteiger partial charge in [0.25, 0.3) is 11.1 Å². The highest BCUT2D eigenvalue weighted by Crippen LogP contribution is 2.06. The number of para-hydroxylation sites is 1. The van der Waals surface area contributed by atoms with Crippen LogP contribution in [0.4, 0.5) is 0 Å². The zero-order valence-electron chi connectivity index (χ0n) is 10.3. The highest BCUT2D eigenvalue weighted by Gasteiger charge is 2.11. The molecule has 0 unspecified atom stereocenters. The lowest BCUT2D eigenvalue weighted by Crippen LogP contribution is -2.35. The van der Waals surface area contributed by atoms with Crippen LogP contribution in [0.2, 0.25) is 0 Å².